The Kier molecular flexibility index (Phi) is 2.92. The third kappa shape index (κ3) is 2.60. The maximum Gasteiger partial charge on any atom is 0.393 e. The van der Waals surface area contributed by atoms with Crippen LogP contribution in [0, 0.1) is 29.3 Å². The van der Waals surface area contributed by atoms with Crippen LogP contribution in [0.15, 0.2) is 0 Å². The van der Waals surface area contributed by atoms with Gasteiger partial charge in [-0.25, -0.2) is 17.6 Å². The standard InChI is InChI=1S/C8H2F7/c9-4-1-5(10)7(12)6(11)3(4)2-8(13,14)15/h2H2. The number of rotatable bonds is 1. The summed E-state index contributed by atoms with van der Waals surface area (Å²) in [5, 5.41) is 0. The largest absolute Gasteiger partial charge is 0.393 e. The maximum atomic E-state index is 12.7. The summed E-state index contributed by atoms with van der Waals surface area (Å²) in [5.74, 6) is -8.23. The summed E-state index contributed by atoms with van der Waals surface area (Å²) in [7, 11) is 0. The first kappa shape index (κ1) is 11.8. The third-order valence-electron chi connectivity index (χ3n) is 1.51. The lowest BCUT2D eigenvalue weighted by molar-refractivity contribution is -0.128. The van der Waals surface area contributed by atoms with Crippen LogP contribution in [-0.2, 0) is 6.42 Å². The molecule has 1 aromatic rings. The highest BCUT2D eigenvalue weighted by Gasteiger charge is 2.33. The Bertz CT molecular complexity index is 380. The molecule has 1 aromatic carbocycles. The van der Waals surface area contributed by atoms with Crippen LogP contribution < -0.4 is 0 Å². The van der Waals surface area contributed by atoms with Crippen LogP contribution in [0.4, 0.5) is 30.7 Å². The third-order valence-corrected chi connectivity index (χ3v) is 1.51. The number of hydrogen-bond donors (Lipinski definition) is 0. The average molecular weight is 231 g/mol. The van der Waals surface area contributed by atoms with Crippen LogP contribution in [-0.4, -0.2) is 6.18 Å². The molecule has 0 atom stereocenters. The van der Waals surface area contributed by atoms with Gasteiger partial charge in [-0.1, -0.05) is 0 Å². The molecule has 0 spiro atoms. The molecule has 0 heterocycles. The molecule has 0 nitrogen and oxygen atoms in total. The molecule has 0 saturated carbocycles. The van der Waals surface area contributed by atoms with Gasteiger partial charge < -0.3 is 0 Å². The highest BCUT2D eigenvalue weighted by molar-refractivity contribution is 5.22. The smallest absolute Gasteiger partial charge is 0.206 e. The molecule has 7 heteroatoms. The molecule has 0 bridgehead atoms. The van der Waals surface area contributed by atoms with E-state index < -0.39 is 41.4 Å². The number of benzene rings is 1. The van der Waals surface area contributed by atoms with Crippen molar-refractivity contribution < 1.29 is 30.7 Å². The van der Waals surface area contributed by atoms with Crippen molar-refractivity contribution in [1.82, 2.24) is 0 Å². The van der Waals surface area contributed by atoms with Crippen LogP contribution in [0.3, 0.4) is 0 Å². The predicted octanol–water partition coefficient (Wildman–Crippen LogP) is 3.15. The topological polar surface area (TPSA) is 0 Å². The maximum absolute atomic E-state index is 12.7. The minimum Gasteiger partial charge on any atom is -0.206 e. The molecule has 0 aliphatic carbocycles. The average Bonchev–Trinajstić information content (AvgIpc) is 2.07. The molecule has 0 fully saturated rings. The highest BCUT2D eigenvalue weighted by Crippen LogP contribution is 2.26. The summed E-state index contributed by atoms with van der Waals surface area (Å²) in [5.41, 5.74) is -1.58. The second-order valence-corrected chi connectivity index (χ2v) is 2.65. The van der Waals surface area contributed by atoms with E-state index in [0.29, 0.717) is 0 Å². The summed E-state index contributed by atoms with van der Waals surface area (Å²) < 4.78 is 85.3. The predicted molar refractivity (Wildman–Crippen MR) is 34.9 cm³/mol. The summed E-state index contributed by atoms with van der Waals surface area (Å²) in [4.78, 5) is 0. The van der Waals surface area contributed by atoms with Gasteiger partial charge in [0, 0.05) is 5.56 Å². The quantitative estimate of drug-likeness (QED) is 0.395. The van der Waals surface area contributed by atoms with Crippen LogP contribution in [0.1, 0.15) is 5.56 Å². The Labute approximate surface area is 79.3 Å². The molecule has 0 amide bonds. The van der Waals surface area contributed by atoms with Crippen LogP contribution >= 0.6 is 0 Å². The molecule has 15 heavy (non-hydrogen) atoms. The zero-order valence-corrected chi connectivity index (χ0v) is 6.85. The van der Waals surface area contributed by atoms with Crippen molar-refractivity contribution in [2.24, 2.45) is 0 Å². The van der Waals surface area contributed by atoms with E-state index >= 15 is 0 Å². The molecule has 0 saturated heterocycles. The Balaban J connectivity index is 3.24. The van der Waals surface area contributed by atoms with Crippen molar-refractivity contribution in [3.8, 4) is 0 Å². The minimum atomic E-state index is -4.92. The Hall–Kier alpha value is -1.27. The first-order chi connectivity index (χ1) is 6.72. The van der Waals surface area contributed by atoms with E-state index in [4.69, 9.17) is 0 Å². The summed E-state index contributed by atoms with van der Waals surface area (Å²) in [6.07, 6.45) is -6.93. The van der Waals surface area contributed by atoms with E-state index in [1.54, 1.807) is 0 Å². The second-order valence-electron chi connectivity index (χ2n) is 2.65. The van der Waals surface area contributed by atoms with Crippen LogP contribution in [0.5, 0.6) is 0 Å². The fourth-order valence-corrected chi connectivity index (χ4v) is 0.907. The van der Waals surface area contributed by atoms with Crippen molar-refractivity contribution in [2.45, 2.75) is 12.6 Å². The lowest BCUT2D eigenvalue weighted by atomic mass is 10.1. The summed E-state index contributed by atoms with van der Waals surface area (Å²) in [6, 6.07) is 1.02. The first-order valence-electron chi connectivity index (χ1n) is 3.53. The van der Waals surface area contributed by atoms with Gasteiger partial charge in [-0.15, -0.1) is 0 Å². The van der Waals surface area contributed by atoms with Crippen molar-refractivity contribution >= 4 is 0 Å². The second kappa shape index (κ2) is 3.71. The molecular formula is C8H2F7. The highest BCUT2D eigenvalue weighted by atomic mass is 19.4. The van der Waals surface area contributed by atoms with Gasteiger partial charge in [0.15, 0.2) is 17.5 Å². The van der Waals surface area contributed by atoms with E-state index in [-0.39, 0.29) is 0 Å². The van der Waals surface area contributed by atoms with Crippen LogP contribution in [0.25, 0.3) is 0 Å². The van der Waals surface area contributed by atoms with Gasteiger partial charge in [0.1, 0.15) is 5.82 Å². The Morgan fingerprint density at radius 1 is 0.867 bits per heavy atom. The molecule has 0 aromatic heterocycles. The van der Waals surface area contributed by atoms with E-state index in [1.807, 2.05) is 0 Å². The number of alkyl halides is 3. The molecular weight excluding hydrogens is 229 g/mol. The van der Waals surface area contributed by atoms with Crippen LogP contribution in [0.2, 0.25) is 0 Å². The van der Waals surface area contributed by atoms with Gasteiger partial charge in [-0.3, -0.25) is 0 Å². The lowest BCUT2D eigenvalue weighted by Crippen LogP contribution is -2.15. The Morgan fingerprint density at radius 2 is 1.40 bits per heavy atom. The van der Waals surface area contributed by atoms with Gasteiger partial charge in [-0.2, -0.15) is 13.2 Å². The van der Waals surface area contributed by atoms with E-state index in [1.165, 1.54) is 0 Å². The van der Waals surface area contributed by atoms with Crippen molar-refractivity contribution in [3.63, 3.8) is 0 Å². The monoisotopic (exact) mass is 231 g/mol. The molecule has 1 radical (unpaired) electrons. The van der Waals surface area contributed by atoms with Crippen molar-refractivity contribution in [3.05, 3.63) is 34.9 Å². The van der Waals surface area contributed by atoms with Gasteiger partial charge in [0.05, 0.1) is 12.5 Å². The molecule has 0 aliphatic heterocycles. The van der Waals surface area contributed by atoms with Gasteiger partial charge >= 0.3 is 6.18 Å². The first-order valence-corrected chi connectivity index (χ1v) is 3.53. The molecule has 0 N–H and O–H groups in total. The van der Waals surface area contributed by atoms with Gasteiger partial charge in [-0.05, 0) is 0 Å². The van der Waals surface area contributed by atoms with Gasteiger partial charge in [0.2, 0.25) is 0 Å². The van der Waals surface area contributed by atoms with E-state index in [2.05, 4.69) is 0 Å². The molecule has 0 unspecified atom stereocenters. The van der Waals surface area contributed by atoms with Crippen molar-refractivity contribution in [2.75, 3.05) is 0 Å². The fourth-order valence-electron chi connectivity index (χ4n) is 0.907. The lowest BCUT2D eigenvalue weighted by Gasteiger charge is -2.08. The molecule has 0 aliphatic rings. The summed E-state index contributed by atoms with van der Waals surface area (Å²) >= 11 is 0. The van der Waals surface area contributed by atoms with E-state index in [9.17, 15) is 30.7 Å². The molecule has 1 rings (SSSR count). The zero-order chi connectivity index (χ0) is 11.8. The number of hydrogen-bond acceptors (Lipinski definition) is 0. The zero-order valence-electron chi connectivity index (χ0n) is 6.85. The van der Waals surface area contributed by atoms with E-state index in [0.717, 1.165) is 6.07 Å². The summed E-state index contributed by atoms with van der Waals surface area (Å²) in [6.45, 7) is 0. The molecule has 83 valence electrons. The normalized spacial score (nSPS) is 11.9. The SMILES string of the molecule is Fc1[c]c(F)c(CC(F)(F)F)c(F)c1F. The van der Waals surface area contributed by atoms with Gasteiger partial charge in [0.25, 0.3) is 0 Å². The Morgan fingerprint density at radius 3 is 1.87 bits per heavy atom. The fraction of sp³-hybridized carbons (Fsp3) is 0.250. The number of halogens is 7. The van der Waals surface area contributed by atoms with Crippen molar-refractivity contribution in [1.29, 1.82) is 0 Å². The minimum absolute atomic E-state index is 1.02.